The van der Waals surface area contributed by atoms with E-state index in [2.05, 4.69) is 20.5 Å². The van der Waals surface area contributed by atoms with Crippen molar-refractivity contribution in [2.75, 3.05) is 14.2 Å². The topological polar surface area (TPSA) is 89.1 Å². The second-order valence-electron chi connectivity index (χ2n) is 3.35. The fraction of sp³-hybridized carbons (Fsp3) is 0.667. The van der Waals surface area contributed by atoms with Gasteiger partial charge in [0.1, 0.15) is 5.82 Å². The van der Waals surface area contributed by atoms with Crippen LogP contribution in [0.3, 0.4) is 0 Å². The molecule has 1 amide bonds. The summed E-state index contributed by atoms with van der Waals surface area (Å²) in [5.74, 6) is 0.332. The summed E-state index contributed by atoms with van der Waals surface area (Å²) < 4.78 is 10.0. The summed E-state index contributed by atoms with van der Waals surface area (Å²) in [6.45, 7) is 3.50. The summed E-state index contributed by atoms with van der Waals surface area (Å²) in [7, 11) is 3.02. The van der Waals surface area contributed by atoms with Crippen LogP contribution < -0.4 is 5.32 Å². The lowest BCUT2D eigenvalue weighted by Crippen LogP contribution is -2.43. The van der Waals surface area contributed by atoms with E-state index in [1.165, 1.54) is 14.2 Å². The second kappa shape index (κ2) is 5.57. The minimum Gasteiger partial charge on any atom is -0.354 e. The number of nitrogens with one attached hydrogen (secondary N) is 2. The molecule has 90 valence electrons. The van der Waals surface area contributed by atoms with Gasteiger partial charge in [-0.15, -0.1) is 5.10 Å². The van der Waals surface area contributed by atoms with E-state index < -0.39 is 6.29 Å². The second-order valence-corrected chi connectivity index (χ2v) is 3.35. The predicted octanol–water partition coefficient (Wildman–Crippen LogP) is -0.150. The summed E-state index contributed by atoms with van der Waals surface area (Å²) in [6.07, 6.45) is -0.496. The highest BCUT2D eigenvalue weighted by molar-refractivity contribution is 5.90. The molecule has 0 spiro atoms. The molecule has 0 aliphatic carbocycles. The Morgan fingerprint density at radius 1 is 1.44 bits per heavy atom. The van der Waals surface area contributed by atoms with E-state index in [0.29, 0.717) is 5.82 Å². The van der Waals surface area contributed by atoms with Gasteiger partial charge in [0.15, 0.2) is 6.29 Å². The first-order valence-electron chi connectivity index (χ1n) is 4.84. The average Bonchev–Trinajstić information content (AvgIpc) is 2.66. The van der Waals surface area contributed by atoms with Crippen molar-refractivity contribution in [3.05, 3.63) is 11.6 Å². The summed E-state index contributed by atoms with van der Waals surface area (Å²) in [5, 5.41) is 9.02. The van der Waals surface area contributed by atoms with E-state index in [4.69, 9.17) is 9.47 Å². The number of rotatable bonds is 5. The number of aryl methyl sites for hydroxylation is 1. The van der Waals surface area contributed by atoms with E-state index in [1.807, 2.05) is 0 Å². The maximum atomic E-state index is 11.6. The number of hydrogen-bond donors (Lipinski definition) is 2. The van der Waals surface area contributed by atoms with Crippen LogP contribution >= 0.6 is 0 Å². The fourth-order valence-electron chi connectivity index (χ4n) is 1.29. The van der Waals surface area contributed by atoms with Gasteiger partial charge in [0.05, 0.1) is 6.04 Å². The molecule has 1 atom stereocenters. The third kappa shape index (κ3) is 3.01. The van der Waals surface area contributed by atoms with Gasteiger partial charge in [0.2, 0.25) is 5.82 Å². The number of ether oxygens (including phenoxy) is 2. The normalized spacial score (nSPS) is 12.8. The van der Waals surface area contributed by atoms with E-state index in [9.17, 15) is 4.79 Å². The first-order chi connectivity index (χ1) is 7.58. The zero-order valence-electron chi connectivity index (χ0n) is 9.77. The number of methoxy groups -OCH3 is 2. The van der Waals surface area contributed by atoms with Crippen LogP contribution in [-0.2, 0) is 9.47 Å². The number of hydrogen-bond acceptors (Lipinski definition) is 5. The van der Waals surface area contributed by atoms with Crippen molar-refractivity contribution in [2.24, 2.45) is 0 Å². The summed E-state index contributed by atoms with van der Waals surface area (Å²) >= 11 is 0. The Morgan fingerprint density at radius 3 is 2.50 bits per heavy atom. The SMILES string of the molecule is COC(OC)C(C)NC(=O)c1n[nH]c(C)n1. The Hall–Kier alpha value is -1.47. The van der Waals surface area contributed by atoms with Gasteiger partial charge < -0.3 is 14.8 Å². The molecule has 7 nitrogen and oxygen atoms in total. The van der Waals surface area contributed by atoms with Gasteiger partial charge in [0, 0.05) is 14.2 Å². The van der Waals surface area contributed by atoms with Crippen LogP contribution in [0.4, 0.5) is 0 Å². The summed E-state index contributed by atoms with van der Waals surface area (Å²) in [6, 6.07) is -0.290. The maximum Gasteiger partial charge on any atom is 0.291 e. The zero-order valence-corrected chi connectivity index (χ0v) is 9.77. The number of carbonyl (C=O) groups excluding carboxylic acids is 1. The highest BCUT2D eigenvalue weighted by Gasteiger charge is 2.20. The number of nitrogens with zero attached hydrogens (tertiary/aromatic N) is 2. The van der Waals surface area contributed by atoms with Crippen LogP contribution in [0.2, 0.25) is 0 Å². The number of H-pyrrole nitrogens is 1. The molecule has 0 radical (unpaired) electrons. The molecule has 1 aromatic rings. The lowest BCUT2D eigenvalue weighted by Gasteiger charge is -2.21. The molecular formula is C9H16N4O3. The van der Waals surface area contributed by atoms with Crippen molar-refractivity contribution in [1.29, 1.82) is 0 Å². The van der Waals surface area contributed by atoms with E-state index in [-0.39, 0.29) is 17.8 Å². The molecule has 2 N–H and O–H groups in total. The highest BCUT2D eigenvalue weighted by atomic mass is 16.7. The number of amides is 1. The minimum atomic E-state index is -0.496. The molecule has 0 aromatic carbocycles. The molecular weight excluding hydrogens is 212 g/mol. The van der Waals surface area contributed by atoms with Gasteiger partial charge in [-0.2, -0.15) is 0 Å². The third-order valence-corrected chi connectivity index (χ3v) is 2.03. The van der Waals surface area contributed by atoms with Gasteiger partial charge >= 0.3 is 0 Å². The quantitative estimate of drug-likeness (QED) is 0.684. The molecule has 7 heteroatoms. The standard InChI is InChI=1S/C9H16N4O3/c1-5(9(15-3)16-4)10-8(14)7-11-6(2)12-13-7/h5,9H,1-4H3,(H,10,14)(H,11,12,13). The van der Waals surface area contributed by atoms with E-state index in [0.717, 1.165) is 0 Å². The molecule has 0 fully saturated rings. The molecule has 1 rings (SSSR count). The van der Waals surface area contributed by atoms with Gasteiger partial charge in [-0.3, -0.25) is 9.89 Å². The number of aromatic amines is 1. The first kappa shape index (κ1) is 12.6. The van der Waals surface area contributed by atoms with Crippen LogP contribution in [0, 0.1) is 6.92 Å². The van der Waals surface area contributed by atoms with E-state index in [1.54, 1.807) is 13.8 Å². The average molecular weight is 228 g/mol. The molecule has 0 saturated heterocycles. The predicted molar refractivity (Wildman–Crippen MR) is 55.9 cm³/mol. The molecule has 1 heterocycles. The minimum absolute atomic E-state index is 0.107. The van der Waals surface area contributed by atoms with Crippen molar-refractivity contribution in [3.63, 3.8) is 0 Å². The molecule has 0 aliphatic rings. The molecule has 16 heavy (non-hydrogen) atoms. The molecule has 0 saturated carbocycles. The Bertz CT molecular complexity index is 348. The molecule has 0 aliphatic heterocycles. The highest BCUT2D eigenvalue weighted by Crippen LogP contribution is 2.00. The monoisotopic (exact) mass is 228 g/mol. The van der Waals surface area contributed by atoms with Crippen LogP contribution in [-0.4, -0.2) is 47.6 Å². The Morgan fingerprint density at radius 2 is 2.06 bits per heavy atom. The number of aromatic nitrogens is 3. The van der Waals surface area contributed by atoms with Gasteiger partial charge in [-0.05, 0) is 13.8 Å². The summed E-state index contributed by atoms with van der Waals surface area (Å²) in [4.78, 5) is 15.6. The lowest BCUT2D eigenvalue weighted by atomic mass is 10.3. The van der Waals surface area contributed by atoms with Crippen molar-refractivity contribution in [2.45, 2.75) is 26.2 Å². The smallest absolute Gasteiger partial charge is 0.291 e. The molecule has 0 bridgehead atoms. The molecule has 1 aromatic heterocycles. The first-order valence-corrected chi connectivity index (χ1v) is 4.84. The van der Waals surface area contributed by atoms with Gasteiger partial charge in [-0.1, -0.05) is 0 Å². The largest absolute Gasteiger partial charge is 0.354 e. The van der Waals surface area contributed by atoms with Crippen molar-refractivity contribution < 1.29 is 14.3 Å². The van der Waals surface area contributed by atoms with Crippen LogP contribution in [0.1, 0.15) is 23.4 Å². The van der Waals surface area contributed by atoms with Crippen molar-refractivity contribution >= 4 is 5.91 Å². The van der Waals surface area contributed by atoms with E-state index >= 15 is 0 Å². The van der Waals surface area contributed by atoms with Crippen LogP contribution in [0.15, 0.2) is 0 Å². The Balaban J connectivity index is 2.57. The summed E-state index contributed by atoms with van der Waals surface area (Å²) in [5.41, 5.74) is 0. The van der Waals surface area contributed by atoms with Crippen molar-refractivity contribution in [1.82, 2.24) is 20.5 Å². The van der Waals surface area contributed by atoms with Gasteiger partial charge in [-0.25, -0.2) is 4.98 Å². The molecule has 1 unspecified atom stereocenters. The van der Waals surface area contributed by atoms with Crippen LogP contribution in [0.5, 0.6) is 0 Å². The zero-order chi connectivity index (χ0) is 12.1. The maximum absolute atomic E-state index is 11.6. The van der Waals surface area contributed by atoms with Crippen molar-refractivity contribution in [3.8, 4) is 0 Å². The Kier molecular flexibility index (Phi) is 4.39. The van der Waals surface area contributed by atoms with Crippen LogP contribution in [0.25, 0.3) is 0 Å². The lowest BCUT2D eigenvalue weighted by molar-refractivity contribution is -0.117. The van der Waals surface area contributed by atoms with Gasteiger partial charge in [0.25, 0.3) is 5.91 Å². The Labute approximate surface area is 93.5 Å². The third-order valence-electron chi connectivity index (χ3n) is 2.03. The number of carbonyl (C=O) groups is 1. The fourth-order valence-corrected chi connectivity index (χ4v) is 1.29.